The number of primary amides is 1. The summed E-state index contributed by atoms with van der Waals surface area (Å²) in [4.78, 5) is 31.4. The highest BCUT2D eigenvalue weighted by Gasteiger charge is 2.22. The number of anilines is 1. The van der Waals surface area contributed by atoms with Gasteiger partial charge in [0.2, 0.25) is 5.95 Å². The Kier molecular flexibility index (Phi) is 5.32. The molecule has 1 aliphatic rings. The van der Waals surface area contributed by atoms with Gasteiger partial charge in [-0.1, -0.05) is 11.6 Å². The molecule has 0 unspecified atom stereocenters. The quantitative estimate of drug-likeness (QED) is 0.495. The Labute approximate surface area is 189 Å². The molecule has 0 atom stereocenters. The van der Waals surface area contributed by atoms with Crippen LogP contribution in [0.5, 0.6) is 0 Å². The number of hydrogen-bond donors (Lipinski definition) is 2. The standard InChI is InChI=1S/C22H21ClN8O/c23-15-1-3-17(4-2-15)31-19-13-25-8-5-18(19)29-20(31)14-11-26-22(27-12-14)30-9-6-16(7-10-30)28-21(24)32/h1-5,8,11-13,16H,6-7,9-10H2,(H3,24,28,32). The lowest BCUT2D eigenvalue weighted by atomic mass is 10.1. The molecule has 10 heteroatoms. The fourth-order valence-electron chi connectivity index (χ4n) is 3.99. The Hall–Kier alpha value is -3.72. The maximum absolute atomic E-state index is 11.1. The number of rotatable bonds is 4. The maximum atomic E-state index is 11.1. The summed E-state index contributed by atoms with van der Waals surface area (Å²) in [6.07, 6.45) is 8.69. The van der Waals surface area contributed by atoms with Crippen LogP contribution >= 0.6 is 11.6 Å². The molecule has 2 amide bonds. The van der Waals surface area contributed by atoms with Crippen LogP contribution in [-0.4, -0.2) is 49.7 Å². The summed E-state index contributed by atoms with van der Waals surface area (Å²) in [7, 11) is 0. The van der Waals surface area contributed by atoms with Gasteiger partial charge in [-0.3, -0.25) is 9.55 Å². The second-order valence-corrected chi connectivity index (χ2v) is 8.09. The Bertz CT molecular complexity index is 1250. The molecule has 0 radical (unpaired) electrons. The zero-order valence-corrected chi connectivity index (χ0v) is 17.9. The summed E-state index contributed by atoms with van der Waals surface area (Å²) in [5, 5.41) is 3.44. The van der Waals surface area contributed by atoms with Crippen molar-refractivity contribution in [1.29, 1.82) is 0 Å². The number of benzene rings is 1. The summed E-state index contributed by atoms with van der Waals surface area (Å²) >= 11 is 6.08. The highest BCUT2D eigenvalue weighted by atomic mass is 35.5. The second-order valence-electron chi connectivity index (χ2n) is 7.65. The van der Waals surface area contributed by atoms with Crippen LogP contribution in [0.2, 0.25) is 5.02 Å². The van der Waals surface area contributed by atoms with E-state index >= 15 is 0 Å². The van der Waals surface area contributed by atoms with E-state index in [-0.39, 0.29) is 6.04 Å². The van der Waals surface area contributed by atoms with Gasteiger partial charge in [0.05, 0.1) is 22.8 Å². The van der Waals surface area contributed by atoms with Crippen LogP contribution in [0.15, 0.2) is 55.1 Å². The number of aromatic nitrogens is 5. The van der Waals surface area contributed by atoms with E-state index in [4.69, 9.17) is 22.3 Å². The number of urea groups is 1. The van der Waals surface area contributed by atoms with Gasteiger partial charge >= 0.3 is 6.03 Å². The molecular formula is C22H21ClN8O. The molecule has 3 aromatic heterocycles. The van der Waals surface area contributed by atoms with Crippen LogP contribution in [0.3, 0.4) is 0 Å². The average molecular weight is 449 g/mol. The van der Waals surface area contributed by atoms with Crippen LogP contribution in [0.4, 0.5) is 10.7 Å². The molecular weight excluding hydrogens is 428 g/mol. The molecule has 32 heavy (non-hydrogen) atoms. The van der Waals surface area contributed by atoms with Crippen molar-refractivity contribution in [3.63, 3.8) is 0 Å². The van der Waals surface area contributed by atoms with Crippen molar-refractivity contribution in [2.75, 3.05) is 18.0 Å². The molecule has 4 aromatic rings. The van der Waals surface area contributed by atoms with E-state index in [1.807, 2.05) is 34.9 Å². The second kappa shape index (κ2) is 8.43. The molecule has 1 saturated heterocycles. The number of carbonyl (C=O) groups excluding carboxylic acids is 1. The average Bonchev–Trinajstić information content (AvgIpc) is 3.19. The van der Waals surface area contributed by atoms with Crippen LogP contribution in [0, 0.1) is 0 Å². The highest BCUT2D eigenvalue weighted by molar-refractivity contribution is 6.30. The summed E-state index contributed by atoms with van der Waals surface area (Å²) in [5.74, 6) is 1.38. The number of piperidine rings is 1. The SMILES string of the molecule is NC(=O)NC1CCN(c2ncc(-c3nc4ccncc4n3-c3ccc(Cl)cc3)cn2)CC1. The number of fused-ring (bicyclic) bond motifs is 1. The Balaban J connectivity index is 1.44. The minimum Gasteiger partial charge on any atom is -0.352 e. The topological polar surface area (TPSA) is 115 Å². The third-order valence-electron chi connectivity index (χ3n) is 5.56. The minimum atomic E-state index is -0.483. The largest absolute Gasteiger partial charge is 0.352 e. The first kappa shape index (κ1) is 20.2. The van der Waals surface area contributed by atoms with Crippen LogP contribution < -0.4 is 16.0 Å². The first-order valence-electron chi connectivity index (χ1n) is 10.3. The molecule has 9 nitrogen and oxygen atoms in total. The van der Waals surface area contributed by atoms with Crippen molar-refractivity contribution in [3.8, 4) is 17.1 Å². The predicted molar refractivity (Wildman–Crippen MR) is 123 cm³/mol. The van der Waals surface area contributed by atoms with Crippen molar-refractivity contribution in [3.05, 3.63) is 60.1 Å². The number of nitrogens with two attached hydrogens (primary N) is 1. The molecule has 0 aliphatic carbocycles. The van der Waals surface area contributed by atoms with Crippen molar-refractivity contribution in [2.45, 2.75) is 18.9 Å². The molecule has 0 saturated carbocycles. The van der Waals surface area contributed by atoms with Crippen molar-refractivity contribution in [2.24, 2.45) is 5.73 Å². The highest BCUT2D eigenvalue weighted by Crippen LogP contribution is 2.29. The zero-order valence-electron chi connectivity index (χ0n) is 17.1. The molecule has 1 fully saturated rings. The molecule has 1 aliphatic heterocycles. The van der Waals surface area contributed by atoms with Gasteiger partial charge in [0.15, 0.2) is 0 Å². The monoisotopic (exact) mass is 448 g/mol. The smallest absolute Gasteiger partial charge is 0.312 e. The lowest BCUT2D eigenvalue weighted by molar-refractivity contribution is 0.242. The number of imidazole rings is 1. The van der Waals surface area contributed by atoms with Gasteiger partial charge in [0.25, 0.3) is 0 Å². The van der Waals surface area contributed by atoms with E-state index in [0.717, 1.165) is 54.0 Å². The van der Waals surface area contributed by atoms with E-state index in [0.29, 0.717) is 11.0 Å². The molecule has 4 heterocycles. The number of nitrogens with one attached hydrogen (secondary N) is 1. The van der Waals surface area contributed by atoms with E-state index in [2.05, 4.69) is 25.2 Å². The molecule has 162 valence electrons. The van der Waals surface area contributed by atoms with Gasteiger partial charge in [-0.05, 0) is 43.2 Å². The van der Waals surface area contributed by atoms with Crippen molar-refractivity contribution in [1.82, 2.24) is 29.8 Å². The van der Waals surface area contributed by atoms with Gasteiger partial charge in [-0.2, -0.15) is 0 Å². The normalized spacial score (nSPS) is 14.6. The summed E-state index contributed by atoms with van der Waals surface area (Å²) in [5.41, 5.74) is 8.66. The van der Waals surface area contributed by atoms with Crippen LogP contribution in [-0.2, 0) is 0 Å². The zero-order chi connectivity index (χ0) is 22.1. The van der Waals surface area contributed by atoms with E-state index in [1.165, 1.54) is 0 Å². The Morgan fingerprint density at radius 1 is 1.06 bits per heavy atom. The van der Waals surface area contributed by atoms with Gasteiger partial charge < -0.3 is 16.0 Å². The minimum absolute atomic E-state index is 0.0934. The number of nitrogens with zero attached hydrogens (tertiary/aromatic N) is 6. The Morgan fingerprint density at radius 3 is 2.47 bits per heavy atom. The fraction of sp³-hybridized carbons (Fsp3) is 0.227. The Morgan fingerprint density at radius 2 is 1.78 bits per heavy atom. The summed E-state index contributed by atoms with van der Waals surface area (Å²) in [6.45, 7) is 1.50. The fourth-order valence-corrected chi connectivity index (χ4v) is 4.12. The maximum Gasteiger partial charge on any atom is 0.312 e. The first-order chi connectivity index (χ1) is 15.6. The third kappa shape index (κ3) is 3.94. The number of hydrogen-bond acceptors (Lipinski definition) is 6. The van der Waals surface area contributed by atoms with Gasteiger partial charge in [-0.25, -0.2) is 19.7 Å². The van der Waals surface area contributed by atoms with Crippen molar-refractivity contribution >= 4 is 34.6 Å². The number of carbonyl (C=O) groups is 1. The van der Waals surface area contributed by atoms with Crippen molar-refractivity contribution < 1.29 is 4.79 Å². The van der Waals surface area contributed by atoms with Gasteiger partial charge in [0.1, 0.15) is 5.82 Å². The van der Waals surface area contributed by atoms with Gasteiger partial charge in [0, 0.05) is 48.4 Å². The van der Waals surface area contributed by atoms with Crippen LogP contribution in [0.1, 0.15) is 12.8 Å². The van der Waals surface area contributed by atoms with E-state index in [1.54, 1.807) is 24.8 Å². The molecule has 3 N–H and O–H groups in total. The first-order valence-corrected chi connectivity index (χ1v) is 10.7. The predicted octanol–water partition coefficient (Wildman–Crippen LogP) is 3.17. The van der Waals surface area contributed by atoms with Crippen LogP contribution in [0.25, 0.3) is 28.1 Å². The lowest BCUT2D eigenvalue weighted by Crippen LogP contribution is -2.46. The number of pyridine rings is 1. The number of amides is 2. The lowest BCUT2D eigenvalue weighted by Gasteiger charge is -2.31. The van der Waals surface area contributed by atoms with Gasteiger partial charge in [-0.15, -0.1) is 0 Å². The number of halogens is 1. The molecule has 1 aromatic carbocycles. The molecule has 0 spiro atoms. The summed E-state index contributed by atoms with van der Waals surface area (Å²) in [6, 6.07) is 9.07. The summed E-state index contributed by atoms with van der Waals surface area (Å²) < 4.78 is 2.03. The van der Waals surface area contributed by atoms with E-state index in [9.17, 15) is 4.79 Å². The third-order valence-corrected chi connectivity index (χ3v) is 5.81. The molecule has 5 rings (SSSR count). The van der Waals surface area contributed by atoms with E-state index < -0.39 is 6.03 Å². The molecule has 0 bridgehead atoms.